The molecule has 2 aromatic heterocycles. The first-order valence-corrected chi connectivity index (χ1v) is 9.72. The van der Waals surface area contributed by atoms with E-state index in [2.05, 4.69) is 49.9 Å². The van der Waals surface area contributed by atoms with Crippen LogP contribution in [-0.2, 0) is 4.74 Å². The van der Waals surface area contributed by atoms with E-state index in [4.69, 9.17) is 9.47 Å². The van der Waals surface area contributed by atoms with Gasteiger partial charge in [-0.1, -0.05) is 6.07 Å². The Morgan fingerprint density at radius 2 is 1.89 bits per heavy atom. The molecule has 0 saturated carbocycles. The van der Waals surface area contributed by atoms with Crippen LogP contribution < -0.4 is 9.64 Å². The van der Waals surface area contributed by atoms with Crippen molar-refractivity contribution >= 4 is 32.7 Å². The number of hydrogen-bond donors (Lipinski definition) is 0. The highest BCUT2D eigenvalue weighted by Gasteiger charge is 2.23. The van der Waals surface area contributed by atoms with E-state index < -0.39 is 0 Å². The van der Waals surface area contributed by atoms with E-state index in [0.29, 0.717) is 0 Å². The number of morpholine rings is 1. The second-order valence-electron chi connectivity index (χ2n) is 6.78. The summed E-state index contributed by atoms with van der Waals surface area (Å²) >= 11 is 3.54. The zero-order valence-electron chi connectivity index (χ0n) is 15.5. The number of fused-ring (bicyclic) bond motifs is 1. The lowest BCUT2D eigenvalue weighted by atomic mass is 10.1. The Balaban J connectivity index is 1.70. The van der Waals surface area contributed by atoms with Crippen LogP contribution in [0.15, 0.2) is 41.0 Å². The van der Waals surface area contributed by atoms with Gasteiger partial charge < -0.3 is 14.4 Å². The highest BCUT2D eigenvalue weighted by atomic mass is 79.9. The Bertz CT molecular complexity index is 954. The number of hydrogen-bond acceptors (Lipinski definition) is 6. The third-order valence-corrected chi connectivity index (χ3v) is 5.31. The fraction of sp³-hybridized carbons (Fsp3) is 0.350. The number of halogens is 1. The van der Waals surface area contributed by atoms with Gasteiger partial charge in [0, 0.05) is 29.1 Å². The van der Waals surface area contributed by atoms with Crippen LogP contribution >= 0.6 is 15.9 Å². The monoisotopic (exact) mass is 428 g/mol. The maximum atomic E-state index is 5.79. The van der Waals surface area contributed by atoms with Crippen LogP contribution in [0.4, 0.5) is 5.82 Å². The number of pyridine rings is 1. The molecule has 0 bridgehead atoms. The molecular weight excluding hydrogens is 408 g/mol. The first-order valence-electron chi connectivity index (χ1n) is 8.92. The highest BCUT2D eigenvalue weighted by Crippen LogP contribution is 2.36. The van der Waals surface area contributed by atoms with Crippen molar-refractivity contribution in [1.82, 2.24) is 15.2 Å². The van der Waals surface area contributed by atoms with Gasteiger partial charge in [-0.3, -0.25) is 4.98 Å². The Hall–Kier alpha value is -2.25. The lowest BCUT2D eigenvalue weighted by molar-refractivity contribution is -0.00550. The third-order valence-electron chi connectivity index (χ3n) is 4.67. The zero-order chi connectivity index (χ0) is 19.0. The van der Waals surface area contributed by atoms with Crippen molar-refractivity contribution in [2.75, 3.05) is 25.1 Å². The molecule has 3 aromatic rings. The van der Waals surface area contributed by atoms with Crippen LogP contribution in [0.25, 0.3) is 22.2 Å². The minimum atomic E-state index is 0.179. The third kappa shape index (κ3) is 3.49. The smallest absolute Gasteiger partial charge is 0.151 e. The second kappa shape index (κ2) is 7.40. The van der Waals surface area contributed by atoms with Crippen LogP contribution in [0.3, 0.4) is 0 Å². The number of rotatable bonds is 3. The molecule has 140 valence electrons. The molecule has 1 aliphatic rings. The molecule has 6 nitrogen and oxygen atoms in total. The van der Waals surface area contributed by atoms with E-state index in [9.17, 15) is 0 Å². The van der Waals surface area contributed by atoms with Crippen LogP contribution in [0.2, 0.25) is 0 Å². The zero-order valence-corrected chi connectivity index (χ0v) is 17.1. The van der Waals surface area contributed by atoms with Crippen molar-refractivity contribution in [2.45, 2.75) is 26.1 Å². The van der Waals surface area contributed by atoms with Gasteiger partial charge in [-0.05, 0) is 54.0 Å². The predicted octanol–water partition coefficient (Wildman–Crippen LogP) is 4.08. The lowest BCUT2D eigenvalue weighted by Gasteiger charge is -2.35. The number of para-hydroxylation sites is 1. The van der Waals surface area contributed by atoms with Crippen molar-refractivity contribution in [2.24, 2.45) is 0 Å². The van der Waals surface area contributed by atoms with Gasteiger partial charge in [0.05, 0.1) is 36.1 Å². The predicted molar refractivity (Wildman–Crippen MR) is 109 cm³/mol. The summed E-state index contributed by atoms with van der Waals surface area (Å²) in [6.45, 7) is 5.78. The molecular formula is C20H21BrN4O2. The first kappa shape index (κ1) is 18.1. The van der Waals surface area contributed by atoms with Gasteiger partial charge in [0.2, 0.25) is 0 Å². The summed E-state index contributed by atoms with van der Waals surface area (Å²) in [5, 5.41) is 9.83. The summed E-state index contributed by atoms with van der Waals surface area (Å²) in [6.07, 6.45) is 2.14. The fourth-order valence-corrected chi connectivity index (χ4v) is 4.04. The van der Waals surface area contributed by atoms with E-state index in [1.54, 1.807) is 13.3 Å². The molecule has 0 spiro atoms. The van der Waals surface area contributed by atoms with Crippen molar-refractivity contribution < 1.29 is 9.47 Å². The SMILES string of the molecule is COc1c(-c2ccc(N3C[C@@H](C)O[C@@H](C)C3)nn2)cnc2c(Br)cccc12. The quantitative estimate of drug-likeness (QED) is 0.626. The van der Waals surface area contributed by atoms with Gasteiger partial charge >= 0.3 is 0 Å². The molecule has 2 atom stereocenters. The van der Waals surface area contributed by atoms with Gasteiger partial charge in [-0.2, -0.15) is 0 Å². The van der Waals surface area contributed by atoms with Gasteiger partial charge in [-0.25, -0.2) is 0 Å². The number of methoxy groups -OCH3 is 1. The number of nitrogens with zero attached hydrogens (tertiary/aromatic N) is 4. The van der Waals surface area contributed by atoms with Crippen LogP contribution in [0, 0.1) is 0 Å². The molecule has 0 N–H and O–H groups in total. The maximum Gasteiger partial charge on any atom is 0.151 e. The number of benzene rings is 1. The Labute approximate surface area is 166 Å². The summed E-state index contributed by atoms with van der Waals surface area (Å²) in [6, 6.07) is 9.89. The number of anilines is 1. The van der Waals surface area contributed by atoms with Gasteiger partial charge in [0.25, 0.3) is 0 Å². The summed E-state index contributed by atoms with van der Waals surface area (Å²) in [7, 11) is 1.66. The lowest BCUT2D eigenvalue weighted by Crippen LogP contribution is -2.45. The van der Waals surface area contributed by atoms with Crippen LogP contribution in [0.1, 0.15) is 13.8 Å². The van der Waals surface area contributed by atoms with Crippen LogP contribution in [-0.4, -0.2) is 47.6 Å². The molecule has 3 heterocycles. The molecule has 27 heavy (non-hydrogen) atoms. The Kier molecular flexibility index (Phi) is 4.97. The maximum absolute atomic E-state index is 5.79. The van der Waals surface area contributed by atoms with E-state index in [-0.39, 0.29) is 12.2 Å². The summed E-state index contributed by atoms with van der Waals surface area (Å²) in [4.78, 5) is 6.79. The van der Waals surface area contributed by atoms with E-state index in [0.717, 1.165) is 51.3 Å². The summed E-state index contributed by atoms with van der Waals surface area (Å²) in [5.41, 5.74) is 2.42. The van der Waals surface area contributed by atoms with Crippen molar-refractivity contribution in [3.05, 3.63) is 41.0 Å². The van der Waals surface area contributed by atoms with Crippen molar-refractivity contribution in [3.8, 4) is 17.0 Å². The number of aromatic nitrogens is 3. The van der Waals surface area contributed by atoms with Gasteiger partial charge in [0.15, 0.2) is 5.82 Å². The van der Waals surface area contributed by atoms with E-state index in [1.807, 2.05) is 30.3 Å². The average Bonchev–Trinajstić information content (AvgIpc) is 2.67. The van der Waals surface area contributed by atoms with Gasteiger partial charge in [-0.15, -0.1) is 10.2 Å². The van der Waals surface area contributed by atoms with Crippen molar-refractivity contribution in [1.29, 1.82) is 0 Å². The van der Waals surface area contributed by atoms with Crippen LogP contribution in [0.5, 0.6) is 5.75 Å². The molecule has 4 rings (SSSR count). The molecule has 1 fully saturated rings. The molecule has 1 aliphatic heterocycles. The molecule has 0 radical (unpaired) electrons. The van der Waals surface area contributed by atoms with Crippen molar-refractivity contribution in [3.63, 3.8) is 0 Å². The first-order chi connectivity index (χ1) is 13.1. The highest BCUT2D eigenvalue weighted by molar-refractivity contribution is 9.10. The second-order valence-corrected chi connectivity index (χ2v) is 7.63. The molecule has 1 aromatic carbocycles. The number of ether oxygens (including phenoxy) is 2. The fourth-order valence-electron chi connectivity index (χ4n) is 3.57. The average molecular weight is 429 g/mol. The standard InChI is InChI=1S/C20H21BrN4O2/c1-12-10-25(11-13(2)27-12)18-8-7-17(23-24-18)15-9-22-19-14(20(15)26-3)5-4-6-16(19)21/h4-9,12-13H,10-11H2,1-3H3/t12-,13+. The Morgan fingerprint density at radius 3 is 2.56 bits per heavy atom. The Morgan fingerprint density at radius 1 is 1.11 bits per heavy atom. The van der Waals surface area contributed by atoms with Gasteiger partial charge in [0.1, 0.15) is 5.75 Å². The summed E-state index contributed by atoms with van der Waals surface area (Å²) in [5.74, 6) is 1.60. The van der Waals surface area contributed by atoms with E-state index in [1.165, 1.54) is 0 Å². The minimum absolute atomic E-state index is 0.179. The molecule has 0 amide bonds. The summed E-state index contributed by atoms with van der Waals surface area (Å²) < 4.78 is 12.4. The molecule has 0 aliphatic carbocycles. The largest absolute Gasteiger partial charge is 0.495 e. The topological polar surface area (TPSA) is 60.4 Å². The molecule has 7 heteroatoms. The van der Waals surface area contributed by atoms with E-state index >= 15 is 0 Å². The molecule has 1 saturated heterocycles. The normalized spacial score (nSPS) is 20.1. The molecule has 0 unspecified atom stereocenters. The minimum Gasteiger partial charge on any atom is -0.495 e.